The molecule has 1 saturated heterocycles. The van der Waals surface area contributed by atoms with E-state index in [9.17, 15) is 4.79 Å². The van der Waals surface area contributed by atoms with Crippen LogP contribution in [0.4, 0.5) is 0 Å². The molecule has 1 aliphatic heterocycles. The Labute approximate surface area is 65.1 Å². The molecule has 11 heavy (non-hydrogen) atoms. The molecule has 1 rings (SSSR count). The van der Waals surface area contributed by atoms with Gasteiger partial charge in [0, 0.05) is 6.61 Å². The lowest BCUT2D eigenvalue weighted by Gasteiger charge is -2.18. The molecule has 1 fully saturated rings. The quantitative estimate of drug-likeness (QED) is 0.432. The lowest BCUT2D eigenvalue weighted by atomic mass is 10.0. The van der Waals surface area contributed by atoms with E-state index in [0.717, 1.165) is 6.42 Å². The van der Waals surface area contributed by atoms with E-state index < -0.39 is 5.60 Å². The number of amides is 1. The van der Waals surface area contributed by atoms with Crippen molar-refractivity contribution < 1.29 is 9.53 Å². The first kappa shape index (κ1) is 8.02. The standard InChI is InChI=1S/C7H10N2O2/c1-7(3-2-4-11-7)6(10)9-5-8/h2-4H2,1H3,(H,9,10). The zero-order valence-electron chi connectivity index (χ0n) is 6.39. The van der Waals surface area contributed by atoms with E-state index in [2.05, 4.69) is 5.32 Å². The maximum absolute atomic E-state index is 11.1. The summed E-state index contributed by atoms with van der Waals surface area (Å²) in [7, 11) is 0. The maximum Gasteiger partial charge on any atom is 0.264 e. The first-order chi connectivity index (χ1) is 5.19. The molecule has 0 aromatic heterocycles. The normalized spacial score (nSPS) is 29.5. The molecular weight excluding hydrogens is 144 g/mol. The Morgan fingerprint density at radius 1 is 1.82 bits per heavy atom. The molecule has 0 spiro atoms. The summed E-state index contributed by atoms with van der Waals surface area (Å²) >= 11 is 0. The van der Waals surface area contributed by atoms with Crippen molar-refractivity contribution in [2.24, 2.45) is 0 Å². The van der Waals surface area contributed by atoms with Gasteiger partial charge in [0.25, 0.3) is 5.91 Å². The molecule has 0 radical (unpaired) electrons. The Kier molecular flexibility index (Phi) is 2.11. The second-order valence-electron chi connectivity index (χ2n) is 2.75. The summed E-state index contributed by atoms with van der Waals surface area (Å²) in [5, 5.41) is 10.2. The molecule has 0 aromatic carbocycles. The molecule has 4 nitrogen and oxygen atoms in total. The van der Waals surface area contributed by atoms with E-state index in [1.54, 1.807) is 13.1 Å². The third kappa shape index (κ3) is 1.49. The molecule has 1 N–H and O–H groups in total. The van der Waals surface area contributed by atoms with Crippen LogP contribution in [0, 0.1) is 11.5 Å². The SMILES string of the molecule is CC1(C(=O)NC#N)CCCO1. The van der Waals surface area contributed by atoms with Gasteiger partial charge in [0.2, 0.25) is 0 Å². The molecule has 1 amide bonds. The summed E-state index contributed by atoms with van der Waals surface area (Å²) in [6.45, 7) is 2.31. The van der Waals surface area contributed by atoms with Gasteiger partial charge < -0.3 is 4.74 Å². The Hall–Kier alpha value is -1.08. The molecule has 4 heteroatoms. The summed E-state index contributed by atoms with van der Waals surface area (Å²) in [5.41, 5.74) is -0.768. The minimum absolute atomic E-state index is 0.336. The summed E-state index contributed by atoms with van der Waals surface area (Å²) in [6.07, 6.45) is 3.17. The molecule has 60 valence electrons. The van der Waals surface area contributed by atoms with E-state index in [0.29, 0.717) is 13.0 Å². The topological polar surface area (TPSA) is 62.1 Å². The number of hydrogen-bond acceptors (Lipinski definition) is 3. The summed E-state index contributed by atoms with van der Waals surface area (Å²) < 4.78 is 5.19. The molecule has 0 bridgehead atoms. The third-order valence-corrected chi connectivity index (χ3v) is 1.87. The van der Waals surface area contributed by atoms with Crippen molar-refractivity contribution in [3.8, 4) is 6.19 Å². The van der Waals surface area contributed by atoms with E-state index in [-0.39, 0.29) is 5.91 Å². The highest BCUT2D eigenvalue weighted by Gasteiger charge is 2.37. The zero-order chi connectivity index (χ0) is 8.32. The van der Waals surface area contributed by atoms with Gasteiger partial charge in [0.15, 0.2) is 6.19 Å². The van der Waals surface area contributed by atoms with Gasteiger partial charge in [-0.3, -0.25) is 10.1 Å². The number of nitriles is 1. The van der Waals surface area contributed by atoms with E-state index in [1.807, 2.05) is 0 Å². The van der Waals surface area contributed by atoms with Gasteiger partial charge in [-0.15, -0.1) is 0 Å². The number of nitrogens with zero attached hydrogens (tertiary/aromatic N) is 1. The van der Waals surface area contributed by atoms with Crippen molar-refractivity contribution in [2.75, 3.05) is 6.61 Å². The van der Waals surface area contributed by atoms with Gasteiger partial charge in [-0.1, -0.05) is 0 Å². The molecule has 1 aliphatic rings. The molecule has 0 saturated carbocycles. The van der Waals surface area contributed by atoms with Crippen LogP contribution in [0.25, 0.3) is 0 Å². The van der Waals surface area contributed by atoms with E-state index in [4.69, 9.17) is 10.00 Å². The maximum atomic E-state index is 11.1. The average Bonchev–Trinajstić information content (AvgIpc) is 2.38. The highest BCUT2D eigenvalue weighted by molar-refractivity contribution is 5.86. The van der Waals surface area contributed by atoms with Gasteiger partial charge >= 0.3 is 0 Å². The number of rotatable bonds is 1. The predicted octanol–water partition coefficient (Wildman–Crippen LogP) is 0.153. The fourth-order valence-electron chi connectivity index (χ4n) is 1.14. The smallest absolute Gasteiger partial charge is 0.264 e. The van der Waals surface area contributed by atoms with E-state index >= 15 is 0 Å². The van der Waals surface area contributed by atoms with Crippen LogP contribution >= 0.6 is 0 Å². The molecule has 1 unspecified atom stereocenters. The lowest BCUT2D eigenvalue weighted by Crippen LogP contribution is -2.41. The Morgan fingerprint density at radius 2 is 2.55 bits per heavy atom. The predicted molar refractivity (Wildman–Crippen MR) is 37.3 cm³/mol. The van der Waals surface area contributed by atoms with Crippen LogP contribution in [0.5, 0.6) is 0 Å². The summed E-state index contributed by atoms with van der Waals surface area (Å²) in [4.78, 5) is 11.1. The van der Waals surface area contributed by atoms with Gasteiger partial charge in [0.1, 0.15) is 5.60 Å². The lowest BCUT2D eigenvalue weighted by molar-refractivity contribution is -0.138. The minimum atomic E-state index is -0.768. The average molecular weight is 154 g/mol. The van der Waals surface area contributed by atoms with Crippen molar-refractivity contribution in [3.05, 3.63) is 0 Å². The third-order valence-electron chi connectivity index (χ3n) is 1.87. The fourth-order valence-corrected chi connectivity index (χ4v) is 1.14. The van der Waals surface area contributed by atoms with Crippen molar-refractivity contribution in [2.45, 2.75) is 25.4 Å². The minimum Gasteiger partial charge on any atom is -0.365 e. The monoisotopic (exact) mass is 154 g/mol. The number of hydrogen-bond donors (Lipinski definition) is 1. The van der Waals surface area contributed by atoms with Crippen LogP contribution in [-0.2, 0) is 9.53 Å². The fraction of sp³-hybridized carbons (Fsp3) is 0.714. The zero-order valence-corrected chi connectivity index (χ0v) is 6.39. The van der Waals surface area contributed by atoms with E-state index in [1.165, 1.54) is 0 Å². The van der Waals surface area contributed by atoms with Crippen LogP contribution in [0.2, 0.25) is 0 Å². The highest BCUT2D eigenvalue weighted by atomic mass is 16.5. The first-order valence-electron chi connectivity index (χ1n) is 3.52. The van der Waals surface area contributed by atoms with Crippen LogP contribution in [0.1, 0.15) is 19.8 Å². The van der Waals surface area contributed by atoms with Gasteiger partial charge in [-0.05, 0) is 19.8 Å². The highest BCUT2D eigenvalue weighted by Crippen LogP contribution is 2.24. The number of nitrogens with one attached hydrogen (secondary N) is 1. The van der Waals surface area contributed by atoms with Crippen LogP contribution in [-0.4, -0.2) is 18.1 Å². The number of carbonyl (C=O) groups is 1. The first-order valence-corrected chi connectivity index (χ1v) is 3.52. The van der Waals surface area contributed by atoms with Crippen molar-refractivity contribution in [1.82, 2.24) is 5.32 Å². The number of ether oxygens (including phenoxy) is 1. The van der Waals surface area contributed by atoms with Crippen LogP contribution < -0.4 is 5.32 Å². The Morgan fingerprint density at radius 3 is 3.00 bits per heavy atom. The number of carbonyl (C=O) groups excluding carboxylic acids is 1. The molecule has 1 heterocycles. The summed E-state index contributed by atoms with van der Waals surface area (Å²) in [5.74, 6) is -0.336. The summed E-state index contributed by atoms with van der Waals surface area (Å²) in [6, 6.07) is 0. The Balaban J connectivity index is 2.58. The van der Waals surface area contributed by atoms with Crippen molar-refractivity contribution in [1.29, 1.82) is 5.26 Å². The largest absolute Gasteiger partial charge is 0.365 e. The van der Waals surface area contributed by atoms with Crippen LogP contribution in [0.15, 0.2) is 0 Å². The van der Waals surface area contributed by atoms with Crippen molar-refractivity contribution >= 4 is 5.91 Å². The van der Waals surface area contributed by atoms with Gasteiger partial charge in [0.05, 0.1) is 0 Å². The van der Waals surface area contributed by atoms with Crippen LogP contribution in [0.3, 0.4) is 0 Å². The molecule has 0 aliphatic carbocycles. The molecule has 0 aromatic rings. The second-order valence-corrected chi connectivity index (χ2v) is 2.75. The second kappa shape index (κ2) is 2.89. The van der Waals surface area contributed by atoms with Gasteiger partial charge in [-0.2, -0.15) is 5.26 Å². The van der Waals surface area contributed by atoms with Crippen molar-refractivity contribution in [3.63, 3.8) is 0 Å². The van der Waals surface area contributed by atoms with Gasteiger partial charge in [-0.25, -0.2) is 0 Å². The Bertz CT molecular complexity index is 201. The molecule has 1 atom stereocenters. The molecular formula is C7H10N2O2.